The van der Waals surface area contributed by atoms with Crippen LogP contribution in [0.25, 0.3) is 0 Å². The van der Waals surface area contributed by atoms with E-state index < -0.39 is 5.91 Å². The summed E-state index contributed by atoms with van der Waals surface area (Å²) in [4.78, 5) is 19.9. The van der Waals surface area contributed by atoms with E-state index in [0.717, 1.165) is 5.56 Å². The fourth-order valence-corrected chi connectivity index (χ4v) is 1.48. The first kappa shape index (κ1) is 17.4. The van der Waals surface area contributed by atoms with Crippen LogP contribution >= 0.6 is 0 Å². The van der Waals surface area contributed by atoms with Crippen LogP contribution in [0.3, 0.4) is 0 Å². The molecule has 0 heterocycles. The Morgan fingerprint density at radius 1 is 1.32 bits per heavy atom. The molecule has 7 heteroatoms. The van der Waals surface area contributed by atoms with Gasteiger partial charge in [-0.1, -0.05) is 30.3 Å². The van der Waals surface area contributed by atoms with Gasteiger partial charge in [0.25, 0.3) is 5.91 Å². The molecule has 3 N–H and O–H groups in total. The zero-order chi connectivity index (χ0) is 16.2. The van der Waals surface area contributed by atoms with Gasteiger partial charge in [0.2, 0.25) is 0 Å². The highest BCUT2D eigenvalue weighted by molar-refractivity contribution is 6.12. The van der Waals surface area contributed by atoms with Crippen molar-refractivity contribution in [1.82, 2.24) is 10.9 Å². The lowest BCUT2D eigenvalue weighted by Crippen LogP contribution is -2.44. The van der Waals surface area contributed by atoms with Gasteiger partial charge in [0, 0.05) is 20.4 Å². The molecule has 0 saturated heterocycles. The SMILES string of the molecule is CN=C(COC)NNC(=O)/C(C=NCc1ccccc1)=C/O. The molecule has 0 spiro atoms. The lowest BCUT2D eigenvalue weighted by atomic mass is 10.2. The Bertz CT molecular complexity index is 553. The highest BCUT2D eigenvalue weighted by Crippen LogP contribution is 2.00. The van der Waals surface area contributed by atoms with Crippen LogP contribution in [0, 0.1) is 0 Å². The zero-order valence-electron chi connectivity index (χ0n) is 12.6. The van der Waals surface area contributed by atoms with E-state index >= 15 is 0 Å². The number of nitrogens with one attached hydrogen (secondary N) is 2. The van der Waals surface area contributed by atoms with Gasteiger partial charge in [0.1, 0.15) is 12.4 Å². The molecule has 1 aromatic rings. The monoisotopic (exact) mass is 304 g/mol. The van der Waals surface area contributed by atoms with Gasteiger partial charge in [0.15, 0.2) is 0 Å². The van der Waals surface area contributed by atoms with Gasteiger partial charge in [0.05, 0.1) is 18.4 Å². The second kappa shape index (κ2) is 10.1. The van der Waals surface area contributed by atoms with Crippen molar-refractivity contribution in [2.24, 2.45) is 9.98 Å². The Kier molecular flexibility index (Phi) is 7.99. The van der Waals surface area contributed by atoms with Gasteiger partial charge < -0.3 is 9.84 Å². The maximum Gasteiger partial charge on any atom is 0.274 e. The summed E-state index contributed by atoms with van der Waals surface area (Å²) in [6, 6.07) is 9.59. The number of benzene rings is 1. The predicted octanol–water partition coefficient (Wildman–Crippen LogP) is 0.995. The fraction of sp³-hybridized carbons (Fsp3) is 0.267. The largest absolute Gasteiger partial charge is 0.515 e. The van der Waals surface area contributed by atoms with E-state index in [-0.39, 0.29) is 12.2 Å². The van der Waals surface area contributed by atoms with Crippen LogP contribution in [0.1, 0.15) is 5.56 Å². The molecule has 0 fully saturated rings. The van der Waals surface area contributed by atoms with Gasteiger partial charge >= 0.3 is 0 Å². The first-order valence-corrected chi connectivity index (χ1v) is 6.60. The summed E-state index contributed by atoms with van der Waals surface area (Å²) in [5.74, 6) is -0.0778. The van der Waals surface area contributed by atoms with Crippen LogP contribution in [0.15, 0.2) is 52.2 Å². The lowest BCUT2D eigenvalue weighted by molar-refractivity contribution is -0.117. The number of rotatable bonds is 6. The number of methoxy groups -OCH3 is 1. The van der Waals surface area contributed by atoms with Gasteiger partial charge in [-0.25, -0.2) is 0 Å². The minimum Gasteiger partial charge on any atom is -0.515 e. The average molecular weight is 304 g/mol. The third-order valence-corrected chi connectivity index (χ3v) is 2.62. The highest BCUT2D eigenvalue weighted by Gasteiger charge is 2.07. The summed E-state index contributed by atoms with van der Waals surface area (Å²) in [7, 11) is 3.08. The van der Waals surface area contributed by atoms with E-state index in [1.807, 2.05) is 30.3 Å². The molecular weight excluding hydrogens is 284 g/mol. The molecule has 0 aliphatic carbocycles. The van der Waals surface area contributed by atoms with Crippen molar-refractivity contribution in [2.75, 3.05) is 20.8 Å². The molecule has 0 saturated carbocycles. The summed E-state index contributed by atoms with van der Waals surface area (Å²) in [5.41, 5.74) is 6.04. The molecule has 7 nitrogen and oxygen atoms in total. The average Bonchev–Trinajstić information content (AvgIpc) is 2.56. The van der Waals surface area contributed by atoms with Crippen molar-refractivity contribution in [2.45, 2.75) is 6.54 Å². The Hall–Kier alpha value is -2.67. The summed E-state index contributed by atoms with van der Waals surface area (Å²) in [6.45, 7) is 0.654. The van der Waals surface area contributed by atoms with Crippen LogP contribution in [0.4, 0.5) is 0 Å². The highest BCUT2D eigenvalue weighted by atomic mass is 16.5. The second-order valence-corrected chi connectivity index (χ2v) is 4.22. The molecule has 1 rings (SSSR count). The zero-order valence-corrected chi connectivity index (χ0v) is 12.6. The fourth-order valence-electron chi connectivity index (χ4n) is 1.48. The number of carbonyl (C=O) groups excluding carboxylic acids is 1. The minimum absolute atomic E-state index is 0.0244. The number of aliphatic hydroxyl groups is 1. The Morgan fingerprint density at radius 2 is 2.05 bits per heavy atom. The second-order valence-electron chi connectivity index (χ2n) is 4.22. The van der Waals surface area contributed by atoms with Gasteiger partial charge in [-0.15, -0.1) is 0 Å². The number of nitrogens with zero attached hydrogens (tertiary/aromatic N) is 2. The number of carbonyl (C=O) groups is 1. The van der Waals surface area contributed by atoms with Crippen molar-refractivity contribution < 1.29 is 14.6 Å². The molecule has 1 amide bonds. The third-order valence-electron chi connectivity index (χ3n) is 2.62. The lowest BCUT2D eigenvalue weighted by Gasteiger charge is -2.09. The Morgan fingerprint density at radius 3 is 2.64 bits per heavy atom. The predicted molar refractivity (Wildman–Crippen MR) is 85.9 cm³/mol. The van der Waals surface area contributed by atoms with E-state index in [9.17, 15) is 4.79 Å². The van der Waals surface area contributed by atoms with E-state index in [0.29, 0.717) is 18.6 Å². The quantitative estimate of drug-likeness (QED) is 0.240. The van der Waals surface area contributed by atoms with Crippen LogP contribution in [0.5, 0.6) is 0 Å². The van der Waals surface area contributed by atoms with E-state index in [4.69, 9.17) is 9.84 Å². The molecule has 0 aliphatic heterocycles. The number of hydrogen-bond donors (Lipinski definition) is 3. The van der Waals surface area contributed by atoms with E-state index in [1.165, 1.54) is 13.3 Å². The van der Waals surface area contributed by atoms with Crippen molar-refractivity contribution >= 4 is 18.0 Å². The number of ether oxygens (including phenoxy) is 1. The smallest absolute Gasteiger partial charge is 0.274 e. The van der Waals surface area contributed by atoms with Gasteiger partial charge in [-0.2, -0.15) is 0 Å². The topological polar surface area (TPSA) is 95.3 Å². The summed E-state index contributed by atoms with van der Waals surface area (Å²) < 4.78 is 4.89. The van der Waals surface area contributed by atoms with E-state index in [1.54, 1.807) is 7.05 Å². The number of aliphatic imine (C=N–C) groups is 2. The van der Waals surface area contributed by atoms with Crippen molar-refractivity contribution in [3.05, 3.63) is 47.7 Å². The molecule has 0 aliphatic rings. The summed E-state index contributed by atoms with van der Waals surface area (Å²) >= 11 is 0. The molecule has 1 aromatic carbocycles. The number of aliphatic hydroxyl groups excluding tert-OH is 1. The van der Waals surface area contributed by atoms with Crippen LogP contribution in [0.2, 0.25) is 0 Å². The minimum atomic E-state index is -0.531. The first-order chi connectivity index (χ1) is 10.7. The van der Waals surface area contributed by atoms with Crippen molar-refractivity contribution in [1.29, 1.82) is 0 Å². The maximum atomic E-state index is 11.9. The molecule has 22 heavy (non-hydrogen) atoms. The van der Waals surface area contributed by atoms with Gasteiger partial charge in [-0.05, 0) is 5.56 Å². The maximum absolute atomic E-state index is 11.9. The Balaban J connectivity index is 2.51. The molecule has 0 bridgehead atoms. The van der Waals surface area contributed by atoms with E-state index in [2.05, 4.69) is 20.8 Å². The van der Waals surface area contributed by atoms with Crippen molar-refractivity contribution in [3.63, 3.8) is 0 Å². The molecule has 118 valence electrons. The normalized spacial score (nSPS) is 12.5. The molecular formula is C15H20N4O3. The number of amides is 1. The first-order valence-electron chi connectivity index (χ1n) is 6.60. The summed E-state index contributed by atoms with van der Waals surface area (Å²) in [5, 5.41) is 9.12. The van der Waals surface area contributed by atoms with Crippen LogP contribution in [-0.4, -0.2) is 43.8 Å². The standard InChI is InChI=1S/C15H20N4O3/c1-16-14(11-22-2)18-19-15(21)13(10-20)9-17-8-12-6-4-3-5-7-12/h3-7,9-10,20H,8,11H2,1-2H3,(H,16,18)(H,19,21)/b13-10+,17-9?. The molecule has 0 radical (unpaired) electrons. The molecule has 0 aromatic heterocycles. The van der Waals surface area contributed by atoms with Crippen LogP contribution in [-0.2, 0) is 16.1 Å². The number of amidine groups is 1. The molecule has 0 atom stereocenters. The number of hydrogen-bond acceptors (Lipinski definition) is 5. The van der Waals surface area contributed by atoms with Crippen LogP contribution < -0.4 is 10.9 Å². The molecule has 0 unspecified atom stereocenters. The third kappa shape index (κ3) is 6.19. The van der Waals surface area contributed by atoms with Gasteiger partial charge in [-0.3, -0.25) is 25.6 Å². The van der Waals surface area contributed by atoms with Crippen molar-refractivity contribution in [3.8, 4) is 0 Å². The Labute approximate surface area is 129 Å². The number of hydrazine groups is 1. The summed E-state index contributed by atoms with van der Waals surface area (Å²) in [6.07, 6.45) is 2.01.